The zero-order valence-corrected chi connectivity index (χ0v) is 17.9. The van der Waals surface area contributed by atoms with Gasteiger partial charge in [-0.25, -0.2) is 4.98 Å². The Morgan fingerprint density at radius 1 is 1.21 bits per heavy atom. The fourth-order valence-corrected chi connectivity index (χ4v) is 4.56. The van der Waals surface area contributed by atoms with Crippen LogP contribution in [0.15, 0.2) is 18.3 Å². The van der Waals surface area contributed by atoms with Crippen LogP contribution in [0.1, 0.15) is 66.7 Å². The first-order chi connectivity index (χ1) is 14.1. The van der Waals surface area contributed by atoms with Gasteiger partial charge in [0.1, 0.15) is 5.65 Å². The molecule has 1 atom stereocenters. The second kappa shape index (κ2) is 9.26. The summed E-state index contributed by atoms with van der Waals surface area (Å²) in [4.78, 5) is 22.5. The predicted molar refractivity (Wildman–Crippen MR) is 114 cm³/mol. The molecule has 2 aromatic heterocycles. The molecule has 6 heteroatoms. The third-order valence-corrected chi connectivity index (χ3v) is 6.19. The van der Waals surface area contributed by atoms with Crippen molar-refractivity contribution in [2.45, 2.75) is 64.5 Å². The average Bonchev–Trinajstić information content (AvgIpc) is 2.89. The Balaban J connectivity index is 1.59. The highest BCUT2D eigenvalue weighted by Crippen LogP contribution is 2.21. The molecule has 2 aliphatic rings. The average molecular weight is 399 g/mol. The number of amides is 1. The molecule has 2 saturated heterocycles. The van der Waals surface area contributed by atoms with E-state index in [-0.39, 0.29) is 5.91 Å². The van der Waals surface area contributed by atoms with Gasteiger partial charge in [0.15, 0.2) is 5.69 Å². The maximum Gasteiger partial charge on any atom is 0.274 e. The zero-order chi connectivity index (χ0) is 20.2. The van der Waals surface area contributed by atoms with Gasteiger partial charge >= 0.3 is 0 Å². The lowest BCUT2D eigenvalue weighted by atomic mass is 10.1. The first-order valence-electron chi connectivity index (χ1n) is 11.2. The summed E-state index contributed by atoms with van der Waals surface area (Å²) in [6.07, 6.45) is 10.5. The van der Waals surface area contributed by atoms with E-state index in [1.165, 1.54) is 25.7 Å². The zero-order valence-electron chi connectivity index (χ0n) is 17.9. The van der Waals surface area contributed by atoms with Crippen molar-refractivity contribution >= 4 is 11.6 Å². The van der Waals surface area contributed by atoms with Gasteiger partial charge in [-0.3, -0.25) is 9.69 Å². The summed E-state index contributed by atoms with van der Waals surface area (Å²) in [6.45, 7) is 6.20. The maximum atomic E-state index is 13.4. The van der Waals surface area contributed by atoms with Crippen molar-refractivity contribution < 1.29 is 9.53 Å². The van der Waals surface area contributed by atoms with Gasteiger partial charge in [0.05, 0.1) is 11.8 Å². The van der Waals surface area contributed by atoms with E-state index in [1.54, 1.807) is 0 Å². The lowest BCUT2D eigenvalue weighted by molar-refractivity contribution is -0.00280. The van der Waals surface area contributed by atoms with Gasteiger partial charge in [-0.15, -0.1) is 0 Å². The molecular formula is C23H34N4O2. The van der Waals surface area contributed by atoms with Crippen LogP contribution in [0.4, 0.5) is 0 Å². The molecule has 29 heavy (non-hydrogen) atoms. The van der Waals surface area contributed by atoms with Crippen molar-refractivity contribution in [3.63, 3.8) is 0 Å². The number of carbonyl (C=O) groups excluding carboxylic acids is 1. The lowest BCUT2D eigenvalue weighted by Gasteiger charge is -2.27. The molecule has 2 aliphatic heterocycles. The summed E-state index contributed by atoms with van der Waals surface area (Å²) >= 11 is 0. The normalized spacial score (nSPS) is 20.9. The minimum atomic E-state index is 0.0885. The van der Waals surface area contributed by atoms with E-state index in [1.807, 2.05) is 4.90 Å². The van der Waals surface area contributed by atoms with Gasteiger partial charge in [0.2, 0.25) is 0 Å². The van der Waals surface area contributed by atoms with Gasteiger partial charge in [-0.2, -0.15) is 0 Å². The topological polar surface area (TPSA) is 50.1 Å². The SMILES string of the molecule is Cc1ccn2c(CN(C)CC3CCCCO3)c(C(=O)N3CCCCCC3)nc2c1. The van der Waals surface area contributed by atoms with E-state index in [4.69, 9.17) is 9.72 Å². The molecule has 1 amide bonds. The van der Waals surface area contributed by atoms with Crippen LogP contribution in [0.25, 0.3) is 5.65 Å². The quantitative estimate of drug-likeness (QED) is 0.771. The molecule has 0 aliphatic carbocycles. The summed E-state index contributed by atoms with van der Waals surface area (Å²) < 4.78 is 8.01. The molecule has 2 fully saturated rings. The van der Waals surface area contributed by atoms with Crippen LogP contribution in [-0.2, 0) is 11.3 Å². The van der Waals surface area contributed by atoms with E-state index >= 15 is 0 Å². The Morgan fingerprint density at radius 3 is 2.72 bits per heavy atom. The Bertz CT molecular complexity index is 833. The molecule has 1 unspecified atom stereocenters. The van der Waals surface area contributed by atoms with Crippen molar-refractivity contribution in [1.29, 1.82) is 0 Å². The fraction of sp³-hybridized carbons (Fsp3) is 0.652. The highest BCUT2D eigenvalue weighted by atomic mass is 16.5. The molecule has 0 saturated carbocycles. The number of imidazole rings is 1. The highest BCUT2D eigenvalue weighted by molar-refractivity contribution is 5.94. The summed E-state index contributed by atoms with van der Waals surface area (Å²) in [5.74, 6) is 0.0885. The number of aryl methyl sites for hydroxylation is 1. The summed E-state index contributed by atoms with van der Waals surface area (Å²) in [7, 11) is 2.12. The molecule has 4 heterocycles. The Labute approximate surface area is 173 Å². The van der Waals surface area contributed by atoms with Crippen LogP contribution >= 0.6 is 0 Å². The Kier molecular flexibility index (Phi) is 6.50. The second-order valence-corrected chi connectivity index (χ2v) is 8.73. The molecule has 2 aromatic rings. The summed E-state index contributed by atoms with van der Waals surface area (Å²) in [5, 5.41) is 0. The molecule has 0 bridgehead atoms. The summed E-state index contributed by atoms with van der Waals surface area (Å²) in [6, 6.07) is 4.15. The van der Waals surface area contributed by atoms with Crippen molar-refractivity contribution in [3.8, 4) is 0 Å². The predicted octanol–water partition coefficient (Wildman–Crippen LogP) is 3.66. The second-order valence-electron chi connectivity index (χ2n) is 8.73. The van der Waals surface area contributed by atoms with Gasteiger partial charge in [0.25, 0.3) is 5.91 Å². The smallest absolute Gasteiger partial charge is 0.274 e. The Hall–Kier alpha value is -1.92. The molecule has 4 rings (SSSR count). The van der Waals surface area contributed by atoms with E-state index in [2.05, 4.69) is 41.6 Å². The fourth-order valence-electron chi connectivity index (χ4n) is 4.56. The monoisotopic (exact) mass is 398 g/mol. The maximum absolute atomic E-state index is 13.4. The third-order valence-electron chi connectivity index (χ3n) is 6.19. The number of pyridine rings is 1. The van der Waals surface area contributed by atoms with Gasteiger partial charge in [-0.05, 0) is 63.8 Å². The number of hydrogen-bond donors (Lipinski definition) is 0. The van der Waals surface area contributed by atoms with E-state index < -0.39 is 0 Å². The van der Waals surface area contributed by atoms with Gasteiger partial charge in [0, 0.05) is 39.0 Å². The number of fused-ring (bicyclic) bond motifs is 1. The largest absolute Gasteiger partial charge is 0.377 e. The molecule has 6 nitrogen and oxygen atoms in total. The van der Waals surface area contributed by atoms with E-state index in [9.17, 15) is 4.79 Å². The first-order valence-corrected chi connectivity index (χ1v) is 11.2. The number of nitrogens with zero attached hydrogens (tertiary/aromatic N) is 4. The molecule has 0 spiro atoms. The standard InChI is InChI=1S/C23H34N4O2/c1-18-10-13-27-20(17-25(2)16-19-9-5-8-14-29-19)22(24-21(27)15-18)23(28)26-11-6-3-4-7-12-26/h10,13,15,19H,3-9,11-12,14,16-17H2,1-2H3. The number of aromatic nitrogens is 2. The van der Waals surface area contributed by atoms with Crippen molar-refractivity contribution in [2.24, 2.45) is 0 Å². The molecular weight excluding hydrogens is 364 g/mol. The van der Waals surface area contributed by atoms with Crippen LogP contribution in [0, 0.1) is 6.92 Å². The minimum Gasteiger partial charge on any atom is -0.377 e. The molecule has 0 radical (unpaired) electrons. The summed E-state index contributed by atoms with van der Waals surface area (Å²) in [5.41, 5.74) is 3.63. The van der Waals surface area contributed by atoms with Crippen LogP contribution in [0.5, 0.6) is 0 Å². The van der Waals surface area contributed by atoms with Crippen molar-refractivity contribution in [1.82, 2.24) is 19.2 Å². The van der Waals surface area contributed by atoms with Gasteiger partial charge in [-0.1, -0.05) is 12.8 Å². The number of ether oxygens (including phenoxy) is 1. The number of likely N-dealkylation sites (N-methyl/N-ethyl adjacent to an activating group) is 1. The number of hydrogen-bond acceptors (Lipinski definition) is 4. The van der Waals surface area contributed by atoms with Crippen molar-refractivity contribution in [3.05, 3.63) is 35.3 Å². The van der Waals surface area contributed by atoms with Crippen LogP contribution in [0.2, 0.25) is 0 Å². The van der Waals surface area contributed by atoms with Crippen LogP contribution < -0.4 is 0 Å². The minimum absolute atomic E-state index is 0.0885. The Morgan fingerprint density at radius 2 is 2.00 bits per heavy atom. The number of rotatable bonds is 5. The number of likely N-dealkylation sites (tertiary alicyclic amines) is 1. The molecule has 0 N–H and O–H groups in total. The first kappa shape index (κ1) is 20.4. The van der Waals surface area contributed by atoms with E-state index in [0.717, 1.165) is 62.4 Å². The lowest BCUT2D eigenvalue weighted by Crippen LogP contribution is -2.35. The van der Waals surface area contributed by atoms with Gasteiger partial charge < -0.3 is 14.0 Å². The molecule has 158 valence electrons. The highest BCUT2D eigenvalue weighted by Gasteiger charge is 2.26. The van der Waals surface area contributed by atoms with E-state index in [0.29, 0.717) is 18.3 Å². The third kappa shape index (κ3) is 4.81. The molecule has 0 aromatic carbocycles. The van der Waals surface area contributed by atoms with Crippen LogP contribution in [-0.4, -0.2) is 64.5 Å². The van der Waals surface area contributed by atoms with Crippen LogP contribution in [0.3, 0.4) is 0 Å². The van der Waals surface area contributed by atoms with Crippen molar-refractivity contribution in [2.75, 3.05) is 33.3 Å². The number of carbonyl (C=O) groups is 1.